The lowest BCUT2D eigenvalue weighted by Crippen LogP contribution is -2.46. The Morgan fingerprint density at radius 3 is 2.48 bits per heavy atom. The largest absolute Gasteiger partial charge is 0.493 e. The average Bonchev–Trinajstić information content (AvgIpc) is 2.73. The fourth-order valence-electron chi connectivity index (χ4n) is 3.64. The van der Waals surface area contributed by atoms with Gasteiger partial charge < -0.3 is 19.4 Å². The Kier molecular flexibility index (Phi) is 5.60. The highest BCUT2D eigenvalue weighted by Crippen LogP contribution is 2.30. The number of halogens is 1. The number of aromatic amines is 1. The minimum atomic E-state index is -0.177. The number of rotatable bonds is 5. The molecular weight excluding hydrogens is 392 g/mol. The third-order valence-corrected chi connectivity index (χ3v) is 5.41. The molecule has 1 aliphatic rings. The number of fused-ring (bicyclic) bond motifs is 1. The van der Waals surface area contributed by atoms with Crippen LogP contribution in [-0.2, 0) is 6.54 Å². The van der Waals surface area contributed by atoms with Gasteiger partial charge in [0.2, 0.25) is 0 Å². The molecule has 0 amide bonds. The molecule has 152 valence electrons. The summed E-state index contributed by atoms with van der Waals surface area (Å²) < 4.78 is 10.6. The van der Waals surface area contributed by atoms with E-state index < -0.39 is 0 Å². The van der Waals surface area contributed by atoms with Crippen LogP contribution in [-0.4, -0.2) is 55.3 Å². The summed E-state index contributed by atoms with van der Waals surface area (Å²) in [7, 11) is 3.11. The zero-order chi connectivity index (χ0) is 20.4. The second-order valence-electron chi connectivity index (χ2n) is 6.98. The maximum Gasteiger partial charge on any atom is 0.258 e. The Bertz CT molecular complexity index is 1080. The molecule has 1 aliphatic heterocycles. The number of hydrogen-bond acceptors (Lipinski definition) is 6. The van der Waals surface area contributed by atoms with E-state index in [1.807, 2.05) is 18.2 Å². The van der Waals surface area contributed by atoms with Crippen LogP contribution < -0.4 is 19.9 Å². The second kappa shape index (κ2) is 8.31. The van der Waals surface area contributed by atoms with E-state index in [-0.39, 0.29) is 5.56 Å². The van der Waals surface area contributed by atoms with E-state index in [1.165, 1.54) is 0 Å². The molecule has 7 nitrogen and oxygen atoms in total. The molecule has 1 aromatic heterocycles. The standard InChI is InChI=1S/C21H23ClN4O3/c1-28-18-11-16-17(12-19(18)29-2)23-20(24-21(16)27)13-25-6-8-26(9-7-25)15-5-3-4-14(22)10-15/h3-5,10-12H,6-9,13H2,1-2H3,(H,23,24,27). The van der Waals surface area contributed by atoms with E-state index in [2.05, 4.69) is 25.8 Å². The molecule has 2 heterocycles. The van der Waals surface area contributed by atoms with Gasteiger partial charge in [0.1, 0.15) is 5.82 Å². The monoisotopic (exact) mass is 414 g/mol. The summed E-state index contributed by atoms with van der Waals surface area (Å²) in [4.78, 5) is 24.7. The first kappa shape index (κ1) is 19.5. The van der Waals surface area contributed by atoms with Crippen LogP contribution in [0.15, 0.2) is 41.2 Å². The number of anilines is 1. The molecule has 0 aliphatic carbocycles. The van der Waals surface area contributed by atoms with E-state index in [0.29, 0.717) is 34.8 Å². The van der Waals surface area contributed by atoms with Crippen molar-refractivity contribution in [2.24, 2.45) is 0 Å². The van der Waals surface area contributed by atoms with E-state index in [9.17, 15) is 4.79 Å². The molecule has 0 saturated carbocycles. The van der Waals surface area contributed by atoms with Crippen molar-refractivity contribution in [2.45, 2.75) is 6.54 Å². The van der Waals surface area contributed by atoms with Gasteiger partial charge in [0, 0.05) is 43.0 Å². The SMILES string of the molecule is COc1cc2nc(CN3CCN(c4cccc(Cl)c4)CC3)[nH]c(=O)c2cc1OC. The summed E-state index contributed by atoms with van der Waals surface area (Å²) >= 11 is 6.11. The Hall–Kier alpha value is -2.77. The van der Waals surface area contributed by atoms with Crippen molar-refractivity contribution < 1.29 is 9.47 Å². The van der Waals surface area contributed by atoms with Crippen LogP contribution in [0.2, 0.25) is 5.02 Å². The smallest absolute Gasteiger partial charge is 0.258 e. The molecule has 29 heavy (non-hydrogen) atoms. The Morgan fingerprint density at radius 2 is 1.79 bits per heavy atom. The summed E-state index contributed by atoms with van der Waals surface area (Å²) in [6.45, 7) is 4.12. The quantitative estimate of drug-likeness (QED) is 0.692. The number of nitrogens with one attached hydrogen (secondary N) is 1. The number of ether oxygens (including phenoxy) is 2. The molecule has 0 radical (unpaired) electrons. The van der Waals surface area contributed by atoms with E-state index in [1.54, 1.807) is 26.4 Å². The normalized spacial score (nSPS) is 14.9. The van der Waals surface area contributed by atoms with Gasteiger partial charge in [0.15, 0.2) is 11.5 Å². The summed E-state index contributed by atoms with van der Waals surface area (Å²) in [5.41, 5.74) is 1.55. The van der Waals surface area contributed by atoms with Crippen LogP contribution in [0.3, 0.4) is 0 Å². The number of methoxy groups -OCH3 is 2. The molecule has 0 unspecified atom stereocenters. The van der Waals surface area contributed by atoms with Crippen molar-refractivity contribution in [2.75, 3.05) is 45.3 Å². The molecule has 1 saturated heterocycles. The molecule has 1 N–H and O–H groups in total. The predicted molar refractivity (Wildman–Crippen MR) is 114 cm³/mol. The number of hydrogen-bond donors (Lipinski definition) is 1. The minimum Gasteiger partial charge on any atom is -0.493 e. The number of H-pyrrole nitrogens is 1. The second-order valence-corrected chi connectivity index (χ2v) is 7.42. The lowest BCUT2D eigenvalue weighted by Gasteiger charge is -2.35. The Labute approximate surface area is 173 Å². The first-order valence-electron chi connectivity index (χ1n) is 9.45. The highest BCUT2D eigenvalue weighted by atomic mass is 35.5. The zero-order valence-electron chi connectivity index (χ0n) is 16.4. The van der Waals surface area contributed by atoms with Gasteiger partial charge in [0.05, 0.1) is 31.7 Å². The van der Waals surface area contributed by atoms with Crippen molar-refractivity contribution in [1.29, 1.82) is 0 Å². The minimum absolute atomic E-state index is 0.177. The summed E-state index contributed by atoms with van der Waals surface area (Å²) in [6, 6.07) is 11.3. The van der Waals surface area contributed by atoms with Crippen molar-refractivity contribution in [3.05, 3.63) is 57.6 Å². The maximum atomic E-state index is 12.5. The molecule has 2 aromatic carbocycles. The van der Waals surface area contributed by atoms with Gasteiger partial charge in [-0.05, 0) is 24.3 Å². The van der Waals surface area contributed by atoms with E-state index in [4.69, 9.17) is 21.1 Å². The van der Waals surface area contributed by atoms with Crippen molar-refractivity contribution >= 4 is 28.2 Å². The Balaban J connectivity index is 1.49. The molecule has 1 fully saturated rings. The topological polar surface area (TPSA) is 70.7 Å². The fraction of sp³-hybridized carbons (Fsp3) is 0.333. The van der Waals surface area contributed by atoms with Gasteiger partial charge in [-0.25, -0.2) is 4.98 Å². The van der Waals surface area contributed by atoms with Crippen molar-refractivity contribution in [3.8, 4) is 11.5 Å². The fourth-order valence-corrected chi connectivity index (χ4v) is 3.82. The molecule has 0 atom stereocenters. The highest BCUT2D eigenvalue weighted by molar-refractivity contribution is 6.30. The van der Waals surface area contributed by atoms with Gasteiger partial charge in [-0.1, -0.05) is 17.7 Å². The van der Waals surface area contributed by atoms with Gasteiger partial charge in [-0.3, -0.25) is 9.69 Å². The van der Waals surface area contributed by atoms with Gasteiger partial charge in [-0.2, -0.15) is 0 Å². The third-order valence-electron chi connectivity index (χ3n) is 5.18. The van der Waals surface area contributed by atoms with Crippen LogP contribution in [0.25, 0.3) is 10.9 Å². The van der Waals surface area contributed by atoms with Gasteiger partial charge in [0.25, 0.3) is 5.56 Å². The summed E-state index contributed by atoms with van der Waals surface area (Å²) in [6.07, 6.45) is 0. The molecule has 3 aromatic rings. The summed E-state index contributed by atoms with van der Waals surface area (Å²) in [5.74, 6) is 1.71. The van der Waals surface area contributed by atoms with Crippen molar-refractivity contribution in [3.63, 3.8) is 0 Å². The van der Waals surface area contributed by atoms with E-state index in [0.717, 1.165) is 36.9 Å². The van der Waals surface area contributed by atoms with Crippen LogP contribution in [0, 0.1) is 0 Å². The van der Waals surface area contributed by atoms with Crippen LogP contribution in [0.4, 0.5) is 5.69 Å². The number of piperazine rings is 1. The zero-order valence-corrected chi connectivity index (χ0v) is 17.2. The third kappa shape index (κ3) is 4.16. The molecule has 0 spiro atoms. The maximum absolute atomic E-state index is 12.5. The van der Waals surface area contributed by atoms with Gasteiger partial charge in [-0.15, -0.1) is 0 Å². The number of nitrogens with zero attached hydrogens (tertiary/aromatic N) is 3. The molecule has 4 rings (SSSR count). The van der Waals surface area contributed by atoms with Crippen LogP contribution in [0.1, 0.15) is 5.82 Å². The van der Waals surface area contributed by atoms with Gasteiger partial charge >= 0.3 is 0 Å². The molecular formula is C21H23ClN4O3. The molecule has 0 bridgehead atoms. The lowest BCUT2D eigenvalue weighted by atomic mass is 10.2. The van der Waals surface area contributed by atoms with Crippen LogP contribution in [0.5, 0.6) is 11.5 Å². The first-order chi connectivity index (χ1) is 14.1. The summed E-state index contributed by atoms with van der Waals surface area (Å²) in [5, 5.41) is 1.23. The van der Waals surface area contributed by atoms with Crippen LogP contribution >= 0.6 is 11.6 Å². The van der Waals surface area contributed by atoms with Crippen molar-refractivity contribution in [1.82, 2.24) is 14.9 Å². The number of aromatic nitrogens is 2. The lowest BCUT2D eigenvalue weighted by molar-refractivity contribution is 0.244. The number of benzene rings is 2. The average molecular weight is 415 g/mol. The highest BCUT2D eigenvalue weighted by Gasteiger charge is 2.19. The Morgan fingerprint density at radius 1 is 1.07 bits per heavy atom. The predicted octanol–water partition coefficient (Wildman–Crippen LogP) is 2.92. The molecule has 8 heteroatoms. The van der Waals surface area contributed by atoms with E-state index >= 15 is 0 Å². The first-order valence-corrected chi connectivity index (χ1v) is 9.83.